The molecule has 0 heterocycles. The van der Waals surface area contributed by atoms with E-state index < -0.39 is 0 Å². The molecule has 0 aliphatic heterocycles. The van der Waals surface area contributed by atoms with E-state index in [1.165, 1.54) is 103 Å². The minimum Gasteiger partial charge on any atom is -0.466 e. The number of hydrogen-bond donors (Lipinski definition) is 3. The number of esters is 1. The van der Waals surface area contributed by atoms with Crippen LogP contribution < -0.4 is 10.9 Å². The predicted molar refractivity (Wildman–Crippen MR) is 169 cm³/mol. The lowest BCUT2D eigenvalue weighted by Crippen LogP contribution is -2.41. The van der Waals surface area contributed by atoms with Gasteiger partial charge >= 0.3 is 5.97 Å². The monoisotopic (exact) mass is 569 g/mol. The number of amidine groups is 1. The van der Waals surface area contributed by atoms with Gasteiger partial charge in [0, 0.05) is 18.6 Å². The SMILES string of the molecule is CCCCCCCCCCCCCCCC(=O)NNC(=N)CCCSCCC(=O)OCCCCCCCCC. The lowest BCUT2D eigenvalue weighted by Gasteiger charge is -2.09. The zero-order chi connectivity index (χ0) is 28.7. The molecule has 3 N–H and O–H groups in total. The molecule has 1 amide bonds. The Kier molecular flexibility index (Phi) is 30.3. The van der Waals surface area contributed by atoms with Gasteiger partial charge in [-0.3, -0.25) is 25.8 Å². The first kappa shape index (κ1) is 37.8. The van der Waals surface area contributed by atoms with Crippen molar-refractivity contribution in [2.45, 2.75) is 168 Å². The maximum atomic E-state index is 12.0. The van der Waals surface area contributed by atoms with Crippen LogP contribution in [-0.4, -0.2) is 35.8 Å². The molecule has 0 bridgehead atoms. The van der Waals surface area contributed by atoms with E-state index in [1.807, 2.05) is 0 Å². The van der Waals surface area contributed by atoms with Crippen LogP contribution in [-0.2, 0) is 14.3 Å². The normalized spacial score (nSPS) is 10.9. The molecular formula is C32H63N3O3S. The lowest BCUT2D eigenvalue weighted by atomic mass is 10.0. The smallest absolute Gasteiger partial charge is 0.306 e. The van der Waals surface area contributed by atoms with Gasteiger partial charge < -0.3 is 4.74 Å². The molecule has 0 fully saturated rings. The summed E-state index contributed by atoms with van der Waals surface area (Å²) in [6, 6.07) is 0. The van der Waals surface area contributed by atoms with E-state index >= 15 is 0 Å². The highest BCUT2D eigenvalue weighted by Crippen LogP contribution is 2.13. The van der Waals surface area contributed by atoms with Gasteiger partial charge in [-0.2, -0.15) is 11.8 Å². The van der Waals surface area contributed by atoms with Crippen LogP contribution in [0.25, 0.3) is 0 Å². The molecule has 0 aliphatic rings. The Bertz CT molecular complexity index is 575. The number of rotatable bonds is 29. The first-order chi connectivity index (χ1) is 19.1. The Labute approximate surface area is 245 Å². The minimum absolute atomic E-state index is 0.0350. The van der Waals surface area contributed by atoms with Gasteiger partial charge in [0.25, 0.3) is 0 Å². The summed E-state index contributed by atoms with van der Waals surface area (Å²) < 4.78 is 5.31. The molecule has 0 saturated carbocycles. The summed E-state index contributed by atoms with van der Waals surface area (Å²) in [6.45, 7) is 5.04. The van der Waals surface area contributed by atoms with Gasteiger partial charge in [-0.05, 0) is 25.0 Å². The molecule has 0 rings (SSSR count). The van der Waals surface area contributed by atoms with E-state index in [0.717, 1.165) is 43.6 Å². The van der Waals surface area contributed by atoms with Crippen LogP contribution in [0, 0.1) is 5.41 Å². The number of hydrazine groups is 1. The third kappa shape index (κ3) is 31.2. The van der Waals surface area contributed by atoms with Crippen molar-refractivity contribution in [3.8, 4) is 0 Å². The van der Waals surface area contributed by atoms with Crippen molar-refractivity contribution in [1.82, 2.24) is 10.9 Å². The highest BCUT2D eigenvalue weighted by atomic mass is 32.2. The number of thioether (sulfide) groups is 1. The molecule has 0 saturated heterocycles. The Hall–Kier alpha value is -1.24. The first-order valence-corrected chi connectivity index (χ1v) is 17.6. The number of carbonyl (C=O) groups excluding carboxylic acids is 2. The maximum Gasteiger partial charge on any atom is 0.306 e. The fourth-order valence-electron chi connectivity index (χ4n) is 4.50. The van der Waals surface area contributed by atoms with Crippen molar-refractivity contribution in [3.05, 3.63) is 0 Å². The highest BCUT2D eigenvalue weighted by molar-refractivity contribution is 7.99. The number of ether oxygens (including phenoxy) is 1. The van der Waals surface area contributed by atoms with Crippen molar-refractivity contribution in [3.63, 3.8) is 0 Å². The van der Waals surface area contributed by atoms with Crippen molar-refractivity contribution in [2.24, 2.45) is 0 Å². The van der Waals surface area contributed by atoms with Crippen LogP contribution >= 0.6 is 11.8 Å². The molecule has 0 aromatic carbocycles. The van der Waals surface area contributed by atoms with E-state index in [2.05, 4.69) is 24.7 Å². The summed E-state index contributed by atoms with van der Waals surface area (Å²) >= 11 is 1.72. The fourth-order valence-corrected chi connectivity index (χ4v) is 5.36. The van der Waals surface area contributed by atoms with Crippen LogP contribution in [0.3, 0.4) is 0 Å². The summed E-state index contributed by atoms with van der Waals surface area (Å²) in [5.74, 6) is 1.85. The molecule has 6 nitrogen and oxygen atoms in total. The van der Waals surface area contributed by atoms with Gasteiger partial charge in [-0.1, -0.05) is 129 Å². The van der Waals surface area contributed by atoms with Crippen LogP contribution in [0.5, 0.6) is 0 Å². The van der Waals surface area contributed by atoms with Crippen LogP contribution in [0.2, 0.25) is 0 Å². The molecule has 39 heavy (non-hydrogen) atoms. The fraction of sp³-hybridized carbons (Fsp3) is 0.906. The van der Waals surface area contributed by atoms with Crippen LogP contribution in [0.1, 0.15) is 168 Å². The van der Waals surface area contributed by atoms with Crippen molar-refractivity contribution < 1.29 is 14.3 Å². The highest BCUT2D eigenvalue weighted by Gasteiger charge is 2.05. The van der Waals surface area contributed by atoms with E-state index in [1.54, 1.807) is 11.8 Å². The van der Waals surface area contributed by atoms with Crippen LogP contribution in [0.15, 0.2) is 0 Å². The molecule has 7 heteroatoms. The average Bonchev–Trinajstić information content (AvgIpc) is 2.93. The quantitative estimate of drug-likeness (QED) is 0.0274. The van der Waals surface area contributed by atoms with E-state index in [9.17, 15) is 9.59 Å². The van der Waals surface area contributed by atoms with Crippen molar-refractivity contribution in [2.75, 3.05) is 18.1 Å². The second-order valence-corrected chi connectivity index (χ2v) is 12.2. The topological polar surface area (TPSA) is 91.3 Å². The van der Waals surface area contributed by atoms with Gasteiger partial charge in [0.05, 0.1) is 13.0 Å². The van der Waals surface area contributed by atoms with E-state index in [0.29, 0.717) is 31.7 Å². The summed E-state index contributed by atoms with van der Waals surface area (Å²) in [7, 11) is 0. The largest absolute Gasteiger partial charge is 0.466 e. The van der Waals surface area contributed by atoms with Gasteiger partial charge in [0.1, 0.15) is 5.84 Å². The van der Waals surface area contributed by atoms with Gasteiger partial charge in [0.15, 0.2) is 0 Å². The van der Waals surface area contributed by atoms with E-state index in [4.69, 9.17) is 10.1 Å². The molecule has 0 atom stereocenters. The van der Waals surface area contributed by atoms with Crippen molar-refractivity contribution in [1.29, 1.82) is 5.41 Å². The zero-order valence-electron chi connectivity index (χ0n) is 25.7. The van der Waals surface area contributed by atoms with Gasteiger partial charge in [-0.15, -0.1) is 0 Å². The van der Waals surface area contributed by atoms with Crippen LogP contribution in [0.4, 0.5) is 0 Å². The third-order valence-corrected chi connectivity index (χ3v) is 8.11. The maximum absolute atomic E-state index is 12.0. The van der Waals surface area contributed by atoms with Crippen molar-refractivity contribution >= 4 is 29.5 Å². The molecule has 0 radical (unpaired) electrons. The molecule has 0 unspecified atom stereocenters. The second-order valence-electron chi connectivity index (χ2n) is 11.0. The summed E-state index contributed by atoms with van der Waals surface area (Å²) in [6.07, 6.45) is 27.8. The second kappa shape index (κ2) is 31.3. The Balaban J connectivity index is 3.38. The summed E-state index contributed by atoms with van der Waals surface area (Å²) in [5.41, 5.74) is 5.39. The molecule has 230 valence electrons. The molecular weight excluding hydrogens is 506 g/mol. The molecule has 0 aliphatic carbocycles. The summed E-state index contributed by atoms with van der Waals surface area (Å²) in [4.78, 5) is 23.8. The number of unbranched alkanes of at least 4 members (excludes halogenated alkanes) is 18. The number of carbonyl (C=O) groups is 2. The number of nitrogens with one attached hydrogen (secondary N) is 3. The standard InChI is InChI=1S/C32H63N3O3S/c1-3-5-7-9-11-12-13-14-15-16-17-19-21-25-31(36)35-34-30(33)24-23-28-39-29-26-32(37)38-27-22-20-18-10-8-6-4-2/h3-29H2,1-2H3,(H2,33,34)(H,35,36). The zero-order valence-corrected chi connectivity index (χ0v) is 26.5. The average molecular weight is 570 g/mol. The minimum atomic E-state index is -0.103. The molecule has 0 aromatic rings. The predicted octanol–water partition coefficient (Wildman–Crippen LogP) is 9.26. The third-order valence-electron chi connectivity index (χ3n) is 7.04. The number of hydrogen-bond acceptors (Lipinski definition) is 5. The first-order valence-electron chi connectivity index (χ1n) is 16.5. The lowest BCUT2D eigenvalue weighted by molar-refractivity contribution is -0.143. The Morgan fingerprint density at radius 3 is 1.59 bits per heavy atom. The number of amides is 1. The Morgan fingerprint density at radius 1 is 0.564 bits per heavy atom. The molecule has 0 aromatic heterocycles. The van der Waals surface area contributed by atoms with E-state index in [-0.39, 0.29) is 11.9 Å². The molecule has 0 spiro atoms. The van der Waals surface area contributed by atoms with Gasteiger partial charge in [-0.25, -0.2) is 0 Å². The Morgan fingerprint density at radius 2 is 1.05 bits per heavy atom. The summed E-state index contributed by atoms with van der Waals surface area (Å²) in [5, 5.41) is 7.96. The van der Waals surface area contributed by atoms with Gasteiger partial charge in [0.2, 0.25) is 5.91 Å².